The van der Waals surface area contributed by atoms with Gasteiger partial charge in [0.25, 0.3) is 0 Å². The van der Waals surface area contributed by atoms with E-state index in [0.717, 1.165) is 22.5 Å². The van der Waals surface area contributed by atoms with Crippen LogP contribution in [0.15, 0.2) is 42.6 Å². The van der Waals surface area contributed by atoms with E-state index in [9.17, 15) is 9.18 Å². The number of halogens is 1. The van der Waals surface area contributed by atoms with Crippen LogP contribution in [-0.4, -0.2) is 36.9 Å². The Morgan fingerprint density at radius 1 is 1.17 bits per heavy atom. The number of amides is 1. The van der Waals surface area contributed by atoms with Crippen LogP contribution in [0.4, 0.5) is 10.2 Å². The molecule has 0 aliphatic carbocycles. The fraction of sp³-hybridized carbons (Fsp3) is 0.200. The van der Waals surface area contributed by atoms with Crippen molar-refractivity contribution in [2.45, 2.75) is 20.1 Å². The summed E-state index contributed by atoms with van der Waals surface area (Å²) < 4.78 is 22.6. The minimum absolute atomic E-state index is 0.199. The first-order valence-electron chi connectivity index (χ1n) is 9.16. The zero-order chi connectivity index (χ0) is 20.0. The highest BCUT2D eigenvalue weighted by atomic mass is 19.1. The summed E-state index contributed by atoms with van der Waals surface area (Å²) in [6, 6.07) is 9.94. The van der Waals surface area contributed by atoms with E-state index in [2.05, 4.69) is 15.4 Å². The van der Waals surface area contributed by atoms with Gasteiger partial charge in [-0.25, -0.2) is 13.9 Å². The molecule has 3 aromatic heterocycles. The van der Waals surface area contributed by atoms with Crippen molar-refractivity contribution < 1.29 is 13.9 Å². The lowest BCUT2D eigenvalue weighted by Gasteiger charge is -2.15. The van der Waals surface area contributed by atoms with Crippen LogP contribution >= 0.6 is 0 Å². The molecule has 9 heteroatoms. The zero-order valence-electron chi connectivity index (χ0n) is 15.6. The van der Waals surface area contributed by atoms with Gasteiger partial charge in [0.15, 0.2) is 11.5 Å². The van der Waals surface area contributed by atoms with Crippen LogP contribution in [0, 0.1) is 5.82 Å². The second-order valence-electron chi connectivity index (χ2n) is 6.78. The molecule has 4 aromatic rings. The highest BCUT2D eigenvalue weighted by Crippen LogP contribution is 2.35. The molecule has 0 unspecified atom stereocenters. The van der Waals surface area contributed by atoms with E-state index in [4.69, 9.17) is 9.84 Å². The Morgan fingerprint density at radius 2 is 2.00 bits per heavy atom. The summed E-state index contributed by atoms with van der Waals surface area (Å²) in [6.07, 6.45) is 1.66. The van der Waals surface area contributed by atoms with E-state index in [1.54, 1.807) is 22.8 Å². The molecule has 1 aliphatic heterocycles. The van der Waals surface area contributed by atoms with Gasteiger partial charge >= 0.3 is 0 Å². The van der Waals surface area contributed by atoms with E-state index in [-0.39, 0.29) is 11.7 Å². The molecule has 0 radical (unpaired) electrons. The molecule has 0 saturated carbocycles. The SMILES string of the molecule is CC(=O)Nc1cn2nc(-c3c(-c4ccc(F)cc4)nn4c3COCC4)ccc2n1. The maximum Gasteiger partial charge on any atom is 0.222 e. The fourth-order valence-electron chi connectivity index (χ4n) is 3.48. The second-order valence-corrected chi connectivity index (χ2v) is 6.78. The quantitative estimate of drug-likeness (QED) is 0.579. The number of hydrogen-bond acceptors (Lipinski definition) is 5. The molecule has 0 saturated heterocycles. The normalized spacial score (nSPS) is 13.4. The first-order valence-corrected chi connectivity index (χ1v) is 9.16. The molecule has 0 fully saturated rings. The topological polar surface area (TPSA) is 86.3 Å². The lowest BCUT2D eigenvalue weighted by Crippen LogP contribution is -2.17. The number of imidazole rings is 1. The number of nitrogens with one attached hydrogen (secondary N) is 1. The second kappa shape index (κ2) is 6.78. The van der Waals surface area contributed by atoms with Crippen LogP contribution in [0.3, 0.4) is 0 Å². The van der Waals surface area contributed by atoms with Crippen molar-refractivity contribution >= 4 is 17.4 Å². The summed E-state index contributed by atoms with van der Waals surface area (Å²) in [5.74, 6) is -0.0672. The highest BCUT2D eigenvalue weighted by molar-refractivity contribution is 5.88. The molecular weight excluding hydrogens is 375 g/mol. The predicted octanol–water partition coefficient (Wildman–Crippen LogP) is 2.89. The van der Waals surface area contributed by atoms with E-state index in [1.165, 1.54) is 19.1 Å². The van der Waals surface area contributed by atoms with Crippen molar-refractivity contribution in [3.05, 3.63) is 54.1 Å². The molecule has 1 N–H and O–H groups in total. The maximum absolute atomic E-state index is 13.4. The van der Waals surface area contributed by atoms with Crippen LogP contribution < -0.4 is 5.32 Å². The number of rotatable bonds is 3. The van der Waals surface area contributed by atoms with Crippen molar-refractivity contribution in [2.75, 3.05) is 11.9 Å². The lowest BCUT2D eigenvalue weighted by atomic mass is 10.0. The van der Waals surface area contributed by atoms with Crippen molar-refractivity contribution in [1.82, 2.24) is 24.4 Å². The van der Waals surface area contributed by atoms with Gasteiger partial charge in [-0.3, -0.25) is 9.48 Å². The fourth-order valence-corrected chi connectivity index (χ4v) is 3.48. The summed E-state index contributed by atoms with van der Waals surface area (Å²) in [5, 5.41) is 12.1. The molecule has 146 valence electrons. The van der Waals surface area contributed by atoms with Gasteiger partial charge in [0.1, 0.15) is 11.5 Å². The zero-order valence-corrected chi connectivity index (χ0v) is 15.6. The maximum atomic E-state index is 13.4. The van der Waals surface area contributed by atoms with E-state index >= 15 is 0 Å². The molecule has 4 heterocycles. The van der Waals surface area contributed by atoms with Crippen LogP contribution in [0.2, 0.25) is 0 Å². The number of hydrogen-bond donors (Lipinski definition) is 1. The van der Waals surface area contributed by atoms with Crippen LogP contribution in [0.25, 0.3) is 28.2 Å². The Labute approximate surface area is 164 Å². The van der Waals surface area contributed by atoms with Crippen molar-refractivity contribution in [1.29, 1.82) is 0 Å². The third-order valence-corrected chi connectivity index (χ3v) is 4.74. The molecule has 1 aromatic carbocycles. The Kier molecular flexibility index (Phi) is 4.09. The smallest absolute Gasteiger partial charge is 0.222 e. The molecule has 0 spiro atoms. The molecule has 0 atom stereocenters. The minimum atomic E-state index is -0.300. The predicted molar refractivity (Wildman–Crippen MR) is 104 cm³/mol. The first kappa shape index (κ1) is 17.5. The summed E-state index contributed by atoms with van der Waals surface area (Å²) in [6.45, 7) is 3.08. The van der Waals surface area contributed by atoms with Gasteiger partial charge in [-0.05, 0) is 36.4 Å². The number of fused-ring (bicyclic) bond motifs is 2. The lowest BCUT2D eigenvalue weighted by molar-refractivity contribution is -0.114. The number of carbonyl (C=O) groups excluding carboxylic acids is 1. The highest BCUT2D eigenvalue weighted by Gasteiger charge is 2.24. The van der Waals surface area contributed by atoms with Crippen LogP contribution in [-0.2, 0) is 22.7 Å². The third kappa shape index (κ3) is 3.15. The molecule has 5 rings (SSSR count). The molecule has 0 bridgehead atoms. The molecule has 1 aliphatic rings. The summed E-state index contributed by atoms with van der Waals surface area (Å²) in [4.78, 5) is 15.6. The Hall–Kier alpha value is -3.59. The summed E-state index contributed by atoms with van der Waals surface area (Å²) in [7, 11) is 0. The van der Waals surface area contributed by atoms with Crippen molar-refractivity contribution in [2.24, 2.45) is 0 Å². The largest absolute Gasteiger partial charge is 0.373 e. The molecule has 1 amide bonds. The summed E-state index contributed by atoms with van der Waals surface area (Å²) in [5.41, 5.74) is 4.58. The van der Waals surface area contributed by atoms with Gasteiger partial charge in [-0.2, -0.15) is 10.2 Å². The Morgan fingerprint density at radius 3 is 2.79 bits per heavy atom. The van der Waals surface area contributed by atoms with Crippen LogP contribution in [0.5, 0.6) is 0 Å². The van der Waals surface area contributed by atoms with E-state index in [0.29, 0.717) is 36.9 Å². The number of benzene rings is 1. The third-order valence-electron chi connectivity index (χ3n) is 4.74. The van der Waals surface area contributed by atoms with Crippen LogP contribution in [0.1, 0.15) is 12.6 Å². The molecule has 8 nitrogen and oxygen atoms in total. The Balaban J connectivity index is 1.67. The van der Waals surface area contributed by atoms with Gasteiger partial charge < -0.3 is 10.1 Å². The number of carbonyl (C=O) groups is 1. The minimum Gasteiger partial charge on any atom is -0.373 e. The number of ether oxygens (including phenoxy) is 1. The average molecular weight is 392 g/mol. The Bertz CT molecular complexity index is 1230. The van der Waals surface area contributed by atoms with E-state index < -0.39 is 0 Å². The molecular formula is C20H17FN6O2. The standard InChI is InChI=1S/C20H17FN6O2/c1-12(28)22-17-10-27-18(23-17)7-6-15(24-27)19-16-11-29-9-8-26(16)25-20(19)13-2-4-14(21)5-3-13/h2-7,10H,8-9,11H2,1H3,(H,22,28). The first-order chi connectivity index (χ1) is 14.1. The molecule has 29 heavy (non-hydrogen) atoms. The van der Waals surface area contributed by atoms with Gasteiger partial charge in [-0.15, -0.1) is 0 Å². The number of nitrogens with zero attached hydrogens (tertiary/aromatic N) is 5. The van der Waals surface area contributed by atoms with Gasteiger partial charge in [0, 0.05) is 12.5 Å². The number of anilines is 1. The van der Waals surface area contributed by atoms with Crippen molar-refractivity contribution in [3.8, 4) is 22.5 Å². The van der Waals surface area contributed by atoms with Gasteiger partial charge in [0.05, 0.1) is 42.9 Å². The van der Waals surface area contributed by atoms with Gasteiger partial charge in [-0.1, -0.05) is 0 Å². The van der Waals surface area contributed by atoms with Gasteiger partial charge in [0.2, 0.25) is 5.91 Å². The van der Waals surface area contributed by atoms with E-state index in [1.807, 2.05) is 16.8 Å². The summed E-state index contributed by atoms with van der Waals surface area (Å²) >= 11 is 0. The monoisotopic (exact) mass is 392 g/mol. The van der Waals surface area contributed by atoms with Crippen molar-refractivity contribution in [3.63, 3.8) is 0 Å². The average Bonchev–Trinajstić information content (AvgIpc) is 3.28. The number of aromatic nitrogens is 5.